The van der Waals surface area contributed by atoms with Crippen molar-refractivity contribution in [1.82, 2.24) is 4.90 Å². The Balaban J connectivity index is 1.79. The van der Waals surface area contributed by atoms with Gasteiger partial charge in [-0.25, -0.2) is 0 Å². The third-order valence-electron chi connectivity index (χ3n) is 3.58. The van der Waals surface area contributed by atoms with Crippen molar-refractivity contribution in [3.8, 4) is 0 Å². The molecule has 0 aliphatic carbocycles. The Labute approximate surface area is 111 Å². The number of amides is 1. The minimum atomic E-state index is 0.0112. The van der Waals surface area contributed by atoms with E-state index in [0.29, 0.717) is 29.4 Å². The van der Waals surface area contributed by atoms with E-state index in [-0.39, 0.29) is 18.1 Å². The molecule has 5 heteroatoms. The predicted octanol–water partition coefficient (Wildman–Crippen LogP) is 1.93. The van der Waals surface area contributed by atoms with Gasteiger partial charge < -0.3 is 15.4 Å². The molecule has 1 amide bonds. The van der Waals surface area contributed by atoms with Gasteiger partial charge in [-0.3, -0.25) is 4.79 Å². The second-order valence-corrected chi connectivity index (χ2v) is 5.31. The number of likely N-dealkylation sites (tertiary alicyclic amines) is 1. The van der Waals surface area contributed by atoms with E-state index in [4.69, 9.17) is 22.1 Å². The van der Waals surface area contributed by atoms with Crippen molar-refractivity contribution in [2.75, 3.05) is 18.8 Å². The number of nitrogen functional groups attached to an aromatic ring is 1. The van der Waals surface area contributed by atoms with Gasteiger partial charge in [-0.15, -0.1) is 0 Å². The number of nitrogens with zero attached hydrogens (tertiary/aromatic N) is 1. The van der Waals surface area contributed by atoms with E-state index in [1.807, 2.05) is 4.90 Å². The molecule has 1 aromatic carbocycles. The van der Waals surface area contributed by atoms with Crippen LogP contribution in [0.1, 0.15) is 23.2 Å². The minimum Gasteiger partial charge on any atom is -0.398 e. The summed E-state index contributed by atoms with van der Waals surface area (Å²) in [5, 5.41) is 0.428. The first-order chi connectivity index (χ1) is 8.63. The molecule has 0 spiro atoms. The molecular weight excluding hydrogens is 252 g/mol. The molecule has 3 rings (SSSR count). The van der Waals surface area contributed by atoms with Crippen molar-refractivity contribution in [3.63, 3.8) is 0 Å². The van der Waals surface area contributed by atoms with E-state index >= 15 is 0 Å². The summed E-state index contributed by atoms with van der Waals surface area (Å²) in [6, 6.07) is 5.03. The predicted molar refractivity (Wildman–Crippen MR) is 69.7 cm³/mol. The first kappa shape index (κ1) is 11.8. The van der Waals surface area contributed by atoms with Crippen LogP contribution in [0.15, 0.2) is 18.2 Å². The fourth-order valence-corrected chi connectivity index (χ4v) is 2.80. The Hall–Kier alpha value is -1.26. The van der Waals surface area contributed by atoms with Gasteiger partial charge in [-0.1, -0.05) is 11.6 Å². The second-order valence-electron chi connectivity index (χ2n) is 4.90. The van der Waals surface area contributed by atoms with Crippen molar-refractivity contribution < 1.29 is 9.53 Å². The van der Waals surface area contributed by atoms with Crippen LogP contribution in [0, 0.1) is 0 Å². The smallest absolute Gasteiger partial charge is 0.254 e. The second kappa shape index (κ2) is 4.44. The van der Waals surface area contributed by atoms with Gasteiger partial charge in [-0.2, -0.15) is 0 Å². The van der Waals surface area contributed by atoms with E-state index in [0.717, 1.165) is 12.8 Å². The summed E-state index contributed by atoms with van der Waals surface area (Å²) in [5.74, 6) is 0.0112. The molecule has 1 aromatic rings. The molecule has 2 fully saturated rings. The number of nitrogens with two attached hydrogens (primary N) is 1. The topological polar surface area (TPSA) is 55.6 Å². The van der Waals surface area contributed by atoms with Crippen molar-refractivity contribution in [2.24, 2.45) is 0 Å². The summed E-state index contributed by atoms with van der Waals surface area (Å²) in [7, 11) is 0. The van der Waals surface area contributed by atoms with Crippen LogP contribution >= 0.6 is 11.6 Å². The number of halogens is 1. The van der Waals surface area contributed by atoms with Gasteiger partial charge in [-0.05, 0) is 31.0 Å². The summed E-state index contributed by atoms with van der Waals surface area (Å²) >= 11 is 5.95. The maximum absolute atomic E-state index is 12.4. The number of carbonyl (C=O) groups is 1. The largest absolute Gasteiger partial charge is 0.398 e. The highest BCUT2D eigenvalue weighted by atomic mass is 35.5. The fourth-order valence-electron chi connectivity index (χ4n) is 2.62. The van der Waals surface area contributed by atoms with E-state index in [2.05, 4.69) is 0 Å². The maximum Gasteiger partial charge on any atom is 0.254 e. The van der Waals surface area contributed by atoms with Crippen molar-refractivity contribution in [1.29, 1.82) is 0 Å². The highest BCUT2D eigenvalue weighted by Crippen LogP contribution is 2.28. The quantitative estimate of drug-likeness (QED) is 0.790. The Kier molecular flexibility index (Phi) is 2.92. The Morgan fingerprint density at radius 1 is 1.33 bits per heavy atom. The summed E-state index contributed by atoms with van der Waals surface area (Å²) in [6.45, 7) is 1.36. The van der Waals surface area contributed by atoms with Gasteiger partial charge in [0, 0.05) is 18.7 Å². The van der Waals surface area contributed by atoms with Gasteiger partial charge in [0.2, 0.25) is 0 Å². The van der Waals surface area contributed by atoms with Gasteiger partial charge in [0.1, 0.15) is 0 Å². The summed E-state index contributed by atoms with van der Waals surface area (Å²) < 4.78 is 5.72. The molecule has 2 N–H and O–H groups in total. The number of hydrogen-bond donors (Lipinski definition) is 1. The first-order valence-electron chi connectivity index (χ1n) is 6.13. The van der Waals surface area contributed by atoms with E-state index in [1.54, 1.807) is 18.2 Å². The maximum atomic E-state index is 12.4. The Bertz CT molecular complexity index is 480. The molecule has 2 saturated heterocycles. The van der Waals surface area contributed by atoms with Gasteiger partial charge >= 0.3 is 0 Å². The lowest BCUT2D eigenvalue weighted by atomic mass is 10.1. The number of ether oxygens (including phenoxy) is 1. The third-order valence-corrected chi connectivity index (χ3v) is 3.91. The zero-order valence-corrected chi connectivity index (χ0v) is 10.7. The number of fused-ring (bicyclic) bond motifs is 2. The lowest BCUT2D eigenvalue weighted by molar-refractivity contribution is -0.0303. The molecular formula is C13H15ClN2O2. The van der Waals surface area contributed by atoms with E-state index in [9.17, 15) is 4.79 Å². The summed E-state index contributed by atoms with van der Waals surface area (Å²) in [6.07, 6.45) is 2.52. The third kappa shape index (κ3) is 2.06. The molecule has 4 nitrogen and oxygen atoms in total. The highest BCUT2D eigenvalue weighted by Gasteiger charge is 2.35. The Morgan fingerprint density at radius 3 is 2.61 bits per heavy atom. The lowest BCUT2D eigenvalue weighted by Crippen LogP contribution is -2.45. The van der Waals surface area contributed by atoms with Crippen LogP contribution < -0.4 is 5.73 Å². The molecule has 2 aliphatic heterocycles. The molecule has 96 valence electrons. The summed E-state index contributed by atoms with van der Waals surface area (Å²) in [4.78, 5) is 14.2. The normalized spacial score (nSPS) is 26.4. The first-order valence-corrected chi connectivity index (χ1v) is 6.51. The van der Waals surface area contributed by atoms with E-state index in [1.165, 1.54) is 0 Å². The number of hydrogen-bond acceptors (Lipinski definition) is 3. The lowest BCUT2D eigenvalue weighted by Gasteiger charge is -2.32. The number of rotatable bonds is 1. The molecule has 2 heterocycles. The minimum absolute atomic E-state index is 0.0112. The zero-order chi connectivity index (χ0) is 12.7. The monoisotopic (exact) mass is 266 g/mol. The average Bonchev–Trinajstić information content (AvgIpc) is 2.71. The van der Waals surface area contributed by atoms with Crippen LogP contribution in [0.2, 0.25) is 5.02 Å². The van der Waals surface area contributed by atoms with Crippen LogP contribution in [0.5, 0.6) is 0 Å². The number of anilines is 1. The van der Waals surface area contributed by atoms with Crippen LogP contribution in [0.4, 0.5) is 5.69 Å². The molecule has 0 radical (unpaired) electrons. The van der Waals surface area contributed by atoms with Crippen LogP contribution in [-0.2, 0) is 4.74 Å². The standard InChI is InChI=1S/C13H15ClN2O2/c14-11-5-8(1-4-12(11)15)13(17)16-6-9-2-3-10(7-16)18-9/h1,4-5,9-10H,2-3,6-7,15H2. The SMILES string of the molecule is Nc1ccc(C(=O)N2CC3CCC(C2)O3)cc1Cl. The van der Waals surface area contributed by atoms with Crippen LogP contribution in [-0.4, -0.2) is 36.1 Å². The molecule has 18 heavy (non-hydrogen) atoms. The van der Waals surface area contributed by atoms with Crippen molar-refractivity contribution in [3.05, 3.63) is 28.8 Å². The van der Waals surface area contributed by atoms with Gasteiger partial charge in [0.25, 0.3) is 5.91 Å². The molecule has 2 bridgehead atoms. The molecule has 0 aromatic heterocycles. The molecule has 2 aliphatic rings. The van der Waals surface area contributed by atoms with Crippen LogP contribution in [0.3, 0.4) is 0 Å². The fraction of sp³-hybridized carbons (Fsp3) is 0.462. The number of morpholine rings is 1. The van der Waals surface area contributed by atoms with Gasteiger partial charge in [0.05, 0.1) is 22.9 Å². The zero-order valence-electron chi connectivity index (χ0n) is 9.93. The molecule has 2 unspecified atom stereocenters. The highest BCUT2D eigenvalue weighted by molar-refractivity contribution is 6.33. The number of benzene rings is 1. The molecule has 0 saturated carbocycles. The van der Waals surface area contributed by atoms with Gasteiger partial charge in [0.15, 0.2) is 0 Å². The van der Waals surface area contributed by atoms with Crippen molar-refractivity contribution in [2.45, 2.75) is 25.0 Å². The number of carbonyl (C=O) groups excluding carboxylic acids is 1. The van der Waals surface area contributed by atoms with Crippen molar-refractivity contribution >= 4 is 23.2 Å². The molecule has 2 atom stereocenters. The van der Waals surface area contributed by atoms with E-state index < -0.39 is 0 Å². The summed E-state index contributed by atoms with van der Waals surface area (Å²) in [5.41, 5.74) is 6.73. The van der Waals surface area contributed by atoms with Crippen LogP contribution in [0.25, 0.3) is 0 Å². The average molecular weight is 267 g/mol. The Morgan fingerprint density at radius 2 is 2.00 bits per heavy atom.